The fourth-order valence-corrected chi connectivity index (χ4v) is 3.44. The Morgan fingerprint density at radius 3 is 2.24 bits per heavy atom. The fraction of sp³-hybridized carbons (Fsp3) is 0.917. The molecule has 2 N–H and O–H groups in total. The van der Waals surface area contributed by atoms with Gasteiger partial charge in [-0.2, -0.15) is 0 Å². The van der Waals surface area contributed by atoms with E-state index in [1.807, 2.05) is 4.90 Å². The van der Waals surface area contributed by atoms with Gasteiger partial charge < -0.3 is 14.9 Å². The largest absolute Gasteiger partial charge is 0.389 e. The highest BCUT2D eigenvalue weighted by atomic mass is 16.3. The third-order valence-electron chi connectivity index (χ3n) is 4.36. The topological polar surface area (TPSA) is 53.8 Å². The number of rotatable bonds is 2. The lowest BCUT2D eigenvalue weighted by atomic mass is 10.0. The molecule has 2 unspecified atom stereocenters. The van der Waals surface area contributed by atoms with Crippen LogP contribution in [0.15, 0.2) is 0 Å². The fourth-order valence-electron chi connectivity index (χ4n) is 3.44. The van der Waals surface area contributed by atoms with Gasteiger partial charge in [-0.25, -0.2) is 0 Å². The molecule has 0 saturated carbocycles. The van der Waals surface area contributed by atoms with E-state index < -0.39 is 0 Å². The predicted octanol–water partition coefficient (Wildman–Crippen LogP) is -0.866. The summed E-state index contributed by atoms with van der Waals surface area (Å²) in [6.45, 7) is 6.81. The Kier molecular flexibility index (Phi) is 2.84. The maximum atomic E-state index is 9.23. The SMILES string of the molecule is CN1CC2CN(CC(=N)N3CC(O)C3)CC2C1. The van der Waals surface area contributed by atoms with Gasteiger partial charge in [0, 0.05) is 39.3 Å². The van der Waals surface area contributed by atoms with Crippen LogP contribution in [0.25, 0.3) is 0 Å². The average molecular weight is 238 g/mol. The van der Waals surface area contributed by atoms with Gasteiger partial charge in [0.2, 0.25) is 0 Å². The third-order valence-corrected chi connectivity index (χ3v) is 4.36. The number of amidine groups is 1. The molecule has 0 spiro atoms. The Hall–Kier alpha value is -0.650. The normalized spacial score (nSPS) is 35.1. The Bertz CT molecular complexity index is 302. The number of likely N-dealkylation sites (tertiary alicyclic amines) is 3. The van der Waals surface area contributed by atoms with Crippen molar-refractivity contribution in [2.75, 3.05) is 52.9 Å². The molecular weight excluding hydrogens is 216 g/mol. The molecule has 96 valence electrons. The number of aliphatic hydroxyl groups is 1. The second-order valence-corrected chi connectivity index (χ2v) is 5.94. The number of hydrogen-bond acceptors (Lipinski definition) is 4. The first kappa shape index (κ1) is 11.4. The standard InChI is InChI=1S/C12H22N4O/c1-14-2-9-4-15(5-10(9)3-14)8-12(13)16-6-11(17)7-16/h9-11,13,17H,2-8H2,1H3. The molecule has 2 atom stereocenters. The van der Waals surface area contributed by atoms with E-state index in [-0.39, 0.29) is 6.10 Å². The molecular formula is C12H22N4O. The monoisotopic (exact) mass is 238 g/mol. The summed E-state index contributed by atoms with van der Waals surface area (Å²) in [5.41, 5.74) is 0. The van der Waals surface area contributed by atoms with Crippen LogP contribution >= 0.6 is 0 Å². The zero-order valence-corrected chi connectivity index (χ0v) is 10.5. The zero-order valence-electron chi connectivity index (χ0n) is 10.5. The van der Waals surface area contributed by atoms with Gasteiger partial charge in [0.15, 0.2) is 0 Å². The molecule has 0 bridgehead atoms. The van der Waals surface area contributed by atoms with E-state index >= 15 is 0 Å². The van der Waals surface area contributed by atoms with Gasteiger partial charge in [0.25, 0.3) is 0 Å². The molecule has 5 nitrogen and oxygen atoms in total. The van der Waals surface area contributed by atoms with Crippen molar-refractivity contribution < 1.29 is 5.11 Å². The molecule has 5 heteroatoms. The third kappa shape index (κ3) is 2.19. The van der Waals surface area contributed by atoms with Crippen molar-refractivity contribution in [3.8, 4) is 0 Å². The number of nitrogens with one attached hydrogen (secondary N) is 1. The molecule has 0 aliphatic carbocycles. The van der Waals surface area contributed by atoms with Gasteiger partial charge in [0.05, 0.1) is 12.6 Å². The minimum absolute atomic E-state index is 0.207. The smallest absolute Gasteiger partial charge is 0.110 e. The summed E-state index contributed by atoms with van der Waals surface area (Å²) in [4.78, 5) is 6.81. The van der Waals surface area contributed by atoms with Crippen molar-refractivity contribution in [3.05, 3.63) is 0 Å². The van der Waals surface area contributed by atoms with E-state index in [1.165, 1.54) is 13.1 Å². The van der Waals surface area contributed by atoms with Crippen molar-refractivity contribution in [1.82, 2.24) is 14.7 Å². The Balaban J connectivity index is 1.47. The molecule has 3 rings (SSSR count). The van der Waals surface area contributed by atoms with E-state index in [1.54, 1.807) is 0 Å². The zero-order chi connectivity index (χ0) is 12.0. The van der Waals surface area contributed by atoms with Gasteiger partial charge in [-0.1, -0.05) is 0 Å². The summed E-state index contributed by atoms with van der Waals surface area (Å²) in [7, 11) is 2.20. The Morgan fingerprint density at radius 1 is 1.12 bits per heavy atom. The van der Waals surface area contributed by atoms with Gasteiger partial charge >= 0.3 is 0 Å². The Labute approximate surface area is 102 Å². The lowest BCUT2D eigenvalue weighted by molar-refractivity contribution is 0.0437. The molecule has 0 aromatic rings. The molecule has 3 aliphatic rings. The van der Waals surface area contributed by atoms with E-state index in [4.69, 9.17) is 5.41 Å². The minimum Gasteiger partial charge on any atom is -0.389 e. The van der Waals surface area contributed by atoms with Crippen molar-refractivity contribution in [2.45, 2.75) is 6.10 Å². The van der Waals surface area contributed by atoms with Crippen LogP contribution in [0.4, 0.5) is 0 Å². The van der Waals surface area contributed by atoms with E-state index in [2.05, 4.69) is 16.8 Å². The summed E-state index contributed by atoms with van der Waals surface area (Å²) in [6, 6.07) is 0. The summed E-state index contributed by atoms with van der Waals surface area (Å²) >= 11 is 0. The van der Waals surface area contributed by atoms with Crippen molar-refractivity contribution >= 4 is 5.84 Å². The molecule has 3 heterocycles. The molecule has 0 radical (unpaired) electrons. The van der Waals surface area contributed by atoms with Crippen LogP contribution < -0.4 is 0 Å². The first-order valence-corrected chi connectivity index (χ1v) is 6.53. The first-order chi connectivity index (χ1) is 8.11. The van der Waals surface area contributed by atoms with Crippen LogP contribution in [0.1, 0.15) is 0 Å². The van der Waals surface area contributed by atoms with E-state index in [0.717, 1.165) is 31.5 Å². The quantitative estimate of drug-likeness (QED) is 0.485. The summed E-state index contributed by atoms with van der Waals surface area (Å²) in [5, 5.41) is 17.2. The first-order valence-electron chi connectivity index (χ1n) is 6.53. The van der Waals surface area contributed by atoms with E-state index in [0.29, 0.717) is 18.9 Å². The van der Waals surface area contributed by atoms with Crippen LogP contribution in [0, 0.1) is 17.2 Å². The second-order valence-electron chi connectivity index (χ2n) is 5.94. The van der Waals surface area contributed by atoms with Crippen molar-refractivity contribution in [2.24, 2.45) is 11.8 Å². The van der Waals surface area contributed by atoms with Crippen LogP contribution in [-0.4, -0.2) is 84.6 Å². The Morgan fingerprint density at radius 2 is 1.71 bits per heavy atom. The summed E-state index contributed by atoms with van der Waals surface area (Å²) in [6.07, 6.45) is -0.207. The van der Waals surface area contributed by atoms with Gasteiger partial charge in [-0.3, -0.25) is 10.3 Å². The van der Waals surface area contributed by atoms with Crippen molar-refractivity contribution in [1.29, 1.82) is 5.41 Å². The maximum Gasteiger partial charge on any atom is 0.110 e. The van der Waals surface area contributed by atoms with Crippen LogP contribution in [0.3, 0.4) is 0 Å². The average Bonchev–Trinajstić information content (AvgIpc) is 2.69. The van der Waals surface area contributed by atoms with Crippen LogP contribution in [0.2, 0.25) is 0 Å². The molecule has 3 aliphatic heterocycles. The maximum absolute atomic E-state index is 9.23. The second kappa shape index (κ2) is 4.23. The molecule has 0 amide bonds. The van der Waals surface area contributed by atoms with Crippen LogP contribution in [0.5, 0.6) is 0 Å². The highest BCUT2D eigenvalue weighted by Gasteiger charge is 2.39. The molecule has 3 saturated heterocycles. The van der Waals surface area contributed by atoms with E-state index in [9.17, 15) is 5.11 Å². The minimum atomic E-state index is -0.207. The predicted molar refractivity (Wildman–Crippen MR) is 66.2 cm³/mol. The highest BCUT2D eigenvalue weighted by Crippen LogP contribution is 2.30. The highest BCUT2D eigenvalue weighted by molar-refractivity contribution is 5.82. The van der Waals surface area contributed by atoms with Gasteiger partial charge in [-0.15, -0.1) is 0 Å². The number of β-amino-alcohol motifs (C(OH)–C–C–N with tert-alkyl or cyclic N) is 1. The molecule has 17 heavy (non-hydrogen) atoms. The summed E-state index contributed by atoms with van der Waals surface area (Å²) < 4.78 is 0. The molecule has 0 aromatic heterocycles. The lowest BCUT2D eigenvalue weighted by Crippen LogP contribution is -2.55. The van der Waals surface area contributed by atoms with Crippen molar-refractivity contribution in [3.63, 3.8) is 0 Å². The van der Waals surface area contributed by atoms with Crippen LogP contribution in [-0.2, 0) is 0 Å². The number of nitrogens with zero attached hydrogens (tertiary/aromatic N) is 3. The lowest BCUT2D eigenvalue weighted by Gasteiger charge is -2.39. The number of fused-ring (bicyclic) bond motifs is 1. The molecule has 3 fully saturated rings. The van der Waals surface area contributed by atoms with Gasteiger partial charge in [-0.05, 0) is 18.9 Å². The number of hydrogen-bond donors (Lipinski definition) is 2. The number of aliphatic hydroxyl groups excluding tert-OH is 1. The van der Waals surface area contributed by atoms with Gasteiger partial charge in [0.1, 0.15) is 5.84 Å². The molecule has 0 aromatic carbocycles. The summed E-state index contributed by atoms with van der Waals surface area (Å²) in [5.74, 6) is 2.31.